The molecule has 0 bridgehead atoms. The molecule has 2 rings (SSSR count). The first-order chi connectivity index (χ1) is 12.0. The lowest BCUT2D eigenvalue weighted by atomic mass is 10.2. The van der Waals surface area contributed by atoms with E-state index in [1.54, 1.807) is 0 Å². The molecule has 150 valence electrons. The Kier molecular flexibility index (Phi) is 8.13. The van der Waals surface area contributed by atoms with Crippen LogP contribution in [0, 0.1) is 0 Å². The van der Waals surface area contributed by atoms with Gasteiger partial charge in [0.1, 0.15) is 10.8 Å². The summed E-state index contributed by atoms with van der Waals surface area (Å²) in [5.41, 5.74) is 5.19. The molecule has 1 aromatic heterocycles. The number of nitrogens with zero attached hydrogens (tertiary/aromatic N) is 2. The van der Waals surface area contributed by atoms with Crippen molar-refractivity contribution in [3.8, 4) is 5.75 Å². The molecule has 0 atom stereocenters. The number of nitrogens with one attached hydrogen (secondary N) is 1. The predicted molar refractivity (Wildman–Crippen MR) is 97.8 cm³/mol. The quantitative estimate of drug-likeness (QED) is 0.264. The van der Waals surface area contributed by atoms with E-state index in [1.165, 1.54) is 12.1 Å². The summed E-state index contributed by atoms with van der Waals surface area (Å²) in [6, 6.07) is 5.04. The van der Waals surface area contributed by atoms with E-state index in [1.807, 2.05) is 0 Å². The lowest BCUT2D eigenvalue weighted by Gasteiger charge is -2.09. The van der Waals surface area contributed by atoms with Crippen LogP contribution in [0.3, 0.4) is 0 Å². The van der Waals surface area contributed by atoms with Crippen LogP contribution in [-0.2, 0) is 19.3 Å². The molecule has 0 saturated heterocycles. The maximum absolute atomic E-state index is 12.4. The standard InChI is InChI=1S/C14H12F6N4OS.HI/c15-13(16,17)10-7-26-11(24-10)6-23-12(21)22-5-8-1-3-9(4-2-8)25-14(18,19)20;/h1-4,7H,5-6H2,(H3,21,22,23);1H. The molecule has 0 amide bonds. The predicted octanol–water partition coefficient (Wildman–Crippen LogP) is 4.28. The van der Waals surface area contributed by atoms with Gasteiger partial charge in [-0.25, -0.2) is 9.98 Å². The molecule has 0 unspecified atom stereocenters. The average molecular weight is 526 g/mol. The van der Waals surface area contributed by atoms with Crippen molar-refractivity contribution in [1.29, 1.82) is 0 Å². The molecule has 1 aromatic carbocycles. The van der Waals surface area contributed by atoms with Crippen LogP contribution in [-0.4, -0.2) is 17.3 Å². The molecule has 0 aliphatic carbocycles. The lowest BCUT2D eigenvalue weighted by molar-refractivity contribution is -0.274. The molecular weight excluding hydrogens is 513 g/mol. The Morgan fingerprint density at radius 1 is 1.15 bits per heavy atom. The Morgan fingerprint density at radius 3 is 2.30 bits per heavy atom. The Balaban J connectivity index is 0.00000364. The molecule has 0 fully saturated rings. The van der Waals surface area contributed by atoms with Gasteiger partial charge in [0.2, 0.25) is 0 Å². The lowest BCUT2D eigenvalue weighted by Crippen LogP contribution is -2.31. The first-order valence-electron chi connectivity index (χ1n) is 6.93. The van der Waals surface area contributed by atoms with Gasteiger partial charge in [-0.15, -0.1) is 48.5 Å². The van der Waals surface area contributed by atoms with Gasteiger partial charge in [0.15, 0.2) is 11.7 Å². The van der Waals surface area contributed by atoms with Crippen molar-refractivity contribution >= 4 is 41.3 Å². The Bertz CT molecular complexity index is 760. The zero-order chi connectivity index (χ0) is 19.4. The van der Waals surface area contributed by atoms with E-state index in [4.69, 9.17) is 5.73 Å². The van der Waals surface area contributed by atoms with Crippen molar-refractivity contribution in [2.45, 2.75) is 25.6 Å². The number of ether oxygens (including phenoxy) is 1. The van der Waals surface area contributed by atoms with Crippen molar-refractivity contribution < 1.29 is 31.1 Å². The van der Waals surface area contributed by atoms with E-state index in [-0.39, 0.29) is 53.8 Å². The van der Waals surface area contributed by atoms with E-state index < -0.39 is 18.2 Å². The second kappa shape index (κ2) is 9.43. The Labute approximate surface area is 170 Å². The number of hydrogen-bond acceptors (Lipinski definition) is 4. The molecule has 3 N–H and O–H groups in total. The molecule has 0 radical (unpaired) electrons. The van der Waals surface area contributed by atoms with E-state index in [2.05, 4.69) is 20.0 Å². The van der Waals surface area contributed by atoms with Crippen LogP contribution in [0.4, 0.5) is 26.3 Å². The summed E-state index contributed by atoms with van der Waals surface area (Å²) in [6.07, 6.45) is -9.27. The van der Waals surface area contributed by atoms with Crippen molar-refractivity contribution in [3.05, 3.63) is 45.9 Å². The summed E-state index contributed by atoms with van der Waals surface area (Å²) >= 11 is 0.829. The molecule has 0 saturated carbocycles. The number of halogens is 7. The second-order valence-corrected chi connectivity index (χ2v) is 5.81. The summed E-state index contributed by atoms with van der Waals surface area (Å²) in [5, 5.41) is 3.69. The van der Waals surface area contributed by atoms with Gasteiger partial charge in [-0.05, 0) is 17.7 Å². The third-order valence-electron chi connectivity index (χ3n) is 2.85. The summed E-state index contributed by atoms with van der Waals surface area (Å²) in [5.74, 6) is -0.398. The average Bonchev–Trinajstić information content (AvgIpc) is 3.00. The smallest absolute Gasteiger partial charge is 0.406 e. The summed E-state index contributed by atoms with van der Waals surface area (Å²) in [4.78, 5) is 7.37. The van der Waals surface area contributed by atoms with E-state index in [0.717, 1.165) is 28.8 Å². The monoisotopic (exact) mass is 526 g/mol. The van der Waals surface area contributed by atoms with Crippen molar-refractivity contribution in [2.75, 3.05) is 0 Å². The van der Waals surface area contributed by atoms with Crippen LogP contribution < -0.4 is 15.8 Å². The highest BCUT2D eigenvalue weighted by Gasteiger charge is 2.33. The first-order valence-corrected chi connectivity index (χ1v) is 7.81. The summed E-state index contributed by atoms with van der Waals surface area (Å²) in [7, 11) is 0. The number of hydrogen-bond donors (Lipinski definition) is 2. The van der Waals surface area contributed by atoms with Gasteiger partial charge >= 0.3 is 12.5 Å². The zero-order valence-electron chi connectivity index (χ0n) is 13.3. The normalized spacial score (nSPS) is 12.4. The minimum atomic E-state index is -4.77. The van der Waals surface area contributed by atoms with Crippen LogP contribution in [0.1, 0.15) is 16.3 Å². The molecule has 5 nitrogen and oxygen atoms in total. The minimum Gasteiger partial charge on any atom is -0.406 e. The second-order valence-electron chi connectivity index (χ2n) is 4.87. The van der Waals surface area contributed by atoms with Crippen molar-refractivity contribution in [2.24, 2.45) is 10.7 Å². The summed E-state index contributed by atoms with van der Waals surface area (Å²) in [6.45, 7) is 0.0330. The number of benzene rings is 1. The largest absolute Gasteiger partial charge is 0.573 e. The van der Waals surface area contributed by atoms with Crippen LogP contribution in [0.2, 0.25) is 0 Å². The number of guanidine groups is 1. The zero-order valence-corrected chi connectivity index (χ0v) is 16.4. The maximum Gasteiger partial charge on any atom is 0.573 e. The van der Waals surface area contributed by atoms with Crippen LogP contribution >= 0.6 is 35.3 Å². The molecule has 0 aliphatic heterocycles. The first kappa shape index (κ1) is 23.3. The van der Waals surface area contributed by atoms with E-state index in [0.29, 0.717) is 5.56 Å². The molecule has 0 spiro atoms. The number of alkyl halides is 6. The van der Waals surface area contributed by atoms with Gasteiger partial charge in [0, 0.05) is 5.38 Å². The highest BCUT2D eigenvalue weighted by Crippen LogP contribution is 2.29. The van der Waals surface area contributed by atoms with Crippen LogP contribution in [0.15, 0.2) is 34.6 Å². The Morgan fingerprint density at radius 2 is 1.78 bits per heavy atom. The fourth-order valence-electron chi connectivity index (χ4n) is 1.72. The van der Waals surface area contributed by atoms with Crippen molar-refractivity contribution in [3.63, 3.8) is 0 Å². The third-order valence-corrected chi connectivity index (χ3v) is 3.70. The van der Waals surface area contributed by atoms with Gasteiger partial charge in [0.25, 0.3) is 0 Å². The van der Waals surface area contributed by atoms with Gasteiger partial charge in [0.05, 0.1) is 13.1 Å². The molecule has 2 aromatic rings. The highest BCUT2D eigenvalue weighted by molar-refractivity contribution is 14.0. The number of rotatable bonds is 5. The molecule has 13 heteroatoms. The SMILES string of the molecule is I.NC(=NCc1ccc(OC(F)(F)F)cc1)NCc1nc(C(F)(F)F)cs1. The van der Waals surface area contributed by atoms with E-state index >= 15 is 0 Å². The molecule has 0 aliphatic rings. The van der Waals surface area contributed by atoms with Crippen molar-refractivity contribution in [1.82, 2.24) is 10.3 Å². The molecular formula is C14H13F6IN4OS. The van der Waals surface area contributed by atoms with Gasteiger partial charge in [-0.3, -0.25) is 0 Å². The van der Waals surface area contributed by atoms with E-state index in [9.17, 15) is 26.3 Å². The fourth-order valence-corrected chi connectivity index (χ4v) is 2.46. The van der Waals surface area contributed by atoms with Crippen LogP contribution in [0.5, 0.6) is 5.75 Å². The van der Waals surface area contributed by atoms with Crippen LogP contribution in [0.25, 0.3) is 0 Å². The number of aromatic nitrogens is 1. The molecule has 27 heavy (non-hydrogen) atoms. The molecule has 1 heterocycles. The fraction of sp³-hybridized carbons (Fsp3) is 0.286. The third kappa shape index (κ3) is 8.19. The maximum atomic E-state index is 12.4. The summed E-state index contributed by atoms with van der Waals surface area (Å²) < 4.78 is 77.2. The number of nitrogens with two attached hydrogens (primary N) is 1. The van der Waals surface area contributed by atoms with Gasteiger partial charge in [-0.1, -0.05) is 12.1 Å². The number of thiazole rings is 1. The highest BCUT2D eigenvalue weighted by atomic mass is 127. The topological polar surface area (TPSA) is 72.5 Å². The number of aliphatic imine (C=N–C) groups is 1. The van der Waals surface area contributed by atoms with Gasteiger partial charge < -0.3 is 15.8 Å². The Hall–Kier alpha value is -1.77. The minimum absolute atomic E-state index is 0. The van der Waals surface area contributed by atoms with Gasteiger partial charge in [-0.2, -0.15) is 13.2 Å².